The van der Waals surface area contributed by atoms with Gasteiger partial charge in [0.05, 0.1) is 11.6 Å². The monoisotopic (exact) mass is 567 g/mol. The number of nitrogens with one attached hydrogen (secondary N) is 4. The van der Waals surface area contributed by atoms with Crippen molar-refractivity contribution in [1.82, 2.24) is 30.9 Å². The summed E-state index contributed by atoms with van der Waals surface area (Å²) < 4.78 is 0. The summed E-state index contributed by atoms with van der Waals surface area (Å²) in [6.45, 7) is 7.65. The van der Waals surface area contributed by atoms with Gasteiger partial charge in [-0.2, -0.15) is 0 Å². The highest BCUT2D eigenvalue weighted by molar-refractivity contribution is 5.96. The molecule has 10 heteroatoms. The molecule has 0 saturated carbocycles. The number of anilines is 1. The van der Waals surface area contributed by atoms with Crippen LogP contribution >= 0.6 is 0 Å². The predicted molar refractivity (Wildman–Crippen MR) is 162 cm³/mol. The van der Waals surface area contributed by atoms with Crippen LogP contribution in [0.25, 0.3) is 11.0 Å². The molecule has 1 aromatic heterocycles. The van der Waals surface area contributed by atoms with Gasteiger partial charge in [-0.15, -0.1) is 5.10 Å². The molecule has 0 bridgehead atoms. The van der Waals surface area contributed by atoms with E-state index in [2.05, 4.69) is 50.4 Å². The van der Waals surface area contributed by atoms with Crippen LogP contribution < -0.4 is 16.0 Å². The number of aryl methyl sites for hydroxylation is 1. The second-order valence-electron chi connectivity index (χ2n) is 11.9. The Kier molecular flexibility index (Phi) is 8.24. The first kappa shape index (κ1) is 28.8. The van der Waals surface area contributed by atoms with Gasteiger partial charge in [0.1, 0.15) is 18.1 Å². The largest absolute Gasteiger partial charge is 0.350 e. The SMILES string of the molecule is Cc1ccccc1C1CC(NC(=O)Nc2ccc3[nH]nnc3c2)C(=O)N(CC(=O)NC(C)(C)C)C(c2ccccc2)C1. The Balaban J connectivity index is 1.48. The van der Waals surface area contributed by atoms with Gasteiger partial charge in [-0.1, -0.05) is 59.8 Å². The zero-order valence-corrected chi connectivity index (χ0v) is 24.3. The van der Waals surface area contributed by atoms with Crippen LogP contribution in [-0.4, -0.2) is 56.3 Å². The molecule has 1 aliphatic heterocycles. The van der Waals surface area contributed by atoms with E-state index in [9.17, 15) is 14.4 Å². The standard InChI is InChI=1S/C32H37N7O3/c1-20-10-8-9-13-24(20)22-16-27(34-31(42)33-23-14-15-25-26(18-23)37-38-36-25)30(41)39(19-29(40)35-32(2,3)4)28(17-22)21-11-6-5-7-12-21/h5-15,18,22,27-28H,16-17,19H2,1-4H3,(H,35,40)(H2,33,34,42)(H,36,37,38). The van der Waals surface area contributed by atoms with Crippen molar-refractivity contribution in [1.29, 1.82) is 0 Å². The maximum absolute atomic E-state index is 14.3. The van der Waals surface area contributed by atoms with Crippen LogP contribution in [0.4, 0.5) is 10.5 Å². The zero-order chi connectivity index (χ0) is 29.9. The number of carbonyl (C=O) groups excluding carboxylic acids is 3. The third-order valence-corrected chi connectivity index (χ3v) is 7.52. The lowest BCUT2D eigenvalue weighted by Crippen LogP contribution is -2.53. The highest BCUT2D eigenvalue weighted by Gasteiger charge is 2.40. The van der Waals surface area contributed by atoms with Crippen molar-refractivity contribution in [3.63, 3.8) is 0 Å². The summed E-state index contributed by atoms with van der Waals surface area (Å²) >= 11 is 0. The molecule has 3 unspecified atom stereocenters. The zero-order valence-electron chi connectivity index (χ0n) is 24.3. The summed E-state index contributed by atoms with van der Waals surface area (Å²) in [5, 5.41) is 19.3. The Hall–Kier alpha value is -4.73. The van der Waals surface area contributed by atoms with Gasteiger partial charge in [0.15, 0.2) is 0 Å². The molecule has 0 radical (unpaired) electrons. The highest BCUT2D eigenvalue weighted by Crippen LogP contribution is 2.40. The lowest BCUT2D eigenvalue weighted by Gasteiger charge is -2.33. The van der Waals surface area contributed by atoms with Crippen molar-refractivity contribution >= 4 is 34.6 Å². The van der Waals surface area contributed by atoms with Crippen molar-refractivity contribution in [3.05, 3.63) is 89.5 Å². The summed E-state index contributed by atoms with van der Waals surface area (Å²) in [7, 11) is 0. The van der Waals surface area contributed by atoms with Crippen LogP contribution in [0, 0.1) is 6.92 Å². The van der Waals surface area contributed by atoms with Gasteiger partial charge in [0.2, 0.25) is 11.8 Å². The number of aromatic amines is 1. The van der Waals surface area contributed by atoms with Crippen LogP contribution in [0.5, 0.6) is 0 Å². The van der Waals surface area contributed by atoms with Gasteiger partial charge >= 0.3 is 6.03 Å². The molecule has 218 valence electrons. The molecular weight excluding hydrogens is 530 g/mol. The maximum atomic E-state index is 14.3. The molecule has 1 saturated heterocycles. The van der Waals surface area contributed by atoms with Crippen molar-refractivity contribution in [2.24, 2.45) is 0 Å². The van der Waals surface area contributed by atoms with E-state index >= 15 is 0 Å². The predicted octanol–water partition coefficient (Wildman–Crippen LogP) is 4.82. The molecule has 4 amide bonds. The van der Waals surface area contributed by atoms with Gasteiger partial charge in [-0.05, 0) is 81.3 Å². The molecular formula is C32H37N7O3. The van der Waals surface area contributed by atoms with E-state index in [0.717, 1.165) is 22.2 Å². The highest BCUT2D eigenvalue weighted by atomic mass is 16.2. The molecule has 0 aliphatic carbocycles. The van der Waals surface area contributed by atoms with Crippen LogP contribution in [0.1, 0.15) is 62.3 Å². The van der Waals surface area contributed by atoms with Gasteiger partial charge in [-0.3, -0.25) is 14.7 Å². The number of aromatic nitrogens is 3. The number of amides is 4. The molecule has 1 aliphatic rings. The fourth-order valence-electron chi connectivity index (χ4n) is 5.69. The molecule has 4 aromatic rings. The average molecular weight is 568 g/mol. The number of carbonyl (C=O) groups is 3. The molecule has 0 spiro atoms. The smallest absolute Gasteiger partial charge is 0.319 e. The summed E-state index contributed by atoms with van der Waals surface area (Å²) in [6, 6.07) is 21.4. The first-order chi connectivity index (χ1) is 20.1. The number of nitrogens with zero attached hydrogens (tertiary/aromatic N) is 3. The number of rotatable bonds is 6. The summed E-state index contributed by atoms with van der Waals surface area (Å²) in [5.74, 6) is -0.603. The van der Waals surface area contributed by atoms with E-state index in [-0.39, 0.29) is 30.3 Å². The number of hydrogen-bond acceptors (Lipinski definition) is 5. The van der Waals surface area contributed by atoms with Gasteiger partial charge in [-0.25, -0.2) is 4.79 Å². The number of benzene rings is 3. The minimum atomic E-state index is -0.860. The van der Waals surface area contributed by atoms with E-state index in [0.29, 0.717) is 24.0 Å². The maximum Gasteiger partial charge on any atom is 0.319 e. The van der Waals surface area contributed by atoms with Crippen molar-refractivity contribution in [2.75, 3.05) is 11.9 Å². The topological polar surface area (TPSA) is 132 Å². The summed E-state index contributed by atoms with van der Waals surface area (Å²) in [6.07, 6.45) is 0.992. The normalized spacial score (nSPS) is 19.3. The number of H-pyrrole nitrogens is 1. The Bertz CT molecular complexity index is 1580. The lowest BCUT2D eigenvalue weighted by atomic mass is 9.84. The first-order valence-electron chi connectivity index (χ1n) is 14.2. The number of fused-ring (bicyclic) bond motifs is 1. The average Bonchev–Trinajstić information content (AvgIpc) is 3.36. The quantitative estimate of drug-likeness (QED) is 0.265. The van der Waals surface area contributed by atoms with Crippen LogP contribution in [0.2, 0.25) is 0 Å². The number of likely N-dealkylation sites (tertiary alicyclic amines) is 1. The molecule has 5 rings (SSSR count). The van der Waals surface area contributed by atoms with Crippen molar-refractivity contribution in [3.8, 4) is 0 Å². The fraction of sp³-hybridized carbons (Fsp3) is 0.344. The Morgan fingerprint density at radius 2 is 1.74 bits per heavy atom. The van der Waals surface area contributed by atoms with E-state index < -0.39 is 17.6 Å². The Morgan fingerprint density at radius 3 is 2.48 bits per heavy atom. The summed E-state index contributed by atoms with van der Waals surface area (Å²) in [4.78, 5) is 42.4. The third-order valence-electron chi connectivity index (χ3n) is 7.52. The van der Waals surface area contributed by atoms with Gasteiger partial charge < -0.3 is 20.9 Å². The number of hydrogen-bond donors (Lipinski definition) is 4. The molecule has 42 heavy (non-hydrogen) atoms. The summed E-state index contributed by atoms with van der Waals surface area (Å²) in [5.41, 5.74) is 4.60. The molecule has 2 heterocycles. The Morgan fingerprint density at radius 1 is 1.00 bits per heavy atom. The molecule has 10 nitrogen and oxygen atoms in total. The van der Waals surface area contributed by atoms with Crippen LogP contribution in [0.3, 0.4) is 0 Å². The lowest BCUT2D eigenvalue weighted by molar-refractivity contribution is -0.139. The van der Waals surface area contributed by atoms with E-state index in [1.807, 2.05) is 63.2 Å². The van der Waals surface area contributed by atoms with Crippen molar-refractivity contribution in [2.45, 2.75) is 64.1 Å². The molecule has 1 fully saturated rings. The van der Waals surface area contributed by atoms with E-state index in [1.54, 1.807) is 23.1 Å². The van der Waals surface area contributed by atoms with E-state index in [4.69, 9.17) is 0 Å². The first-order valence-corrected chi connectivity index (χ1v) is 14.2. The molecule has 3 aromatic carbocycles. The minimum absolute atomic E-state index is 0.0483. The van der Waals surface area contributed by atoms with Crippen LogP contribution in [0.15, 0.2) is 72.8 Å². The third kappa shape index (κ3) is 6.76. The van der Waals surface area contributed by atoms with E-state index in [1.165, 1.54) is 0 Å². The van der Waals surface area contributed by atoms with Gasteiger partial charge in [0, 0.05) is 11.2 Å². The van der Waals surface area contributed by atoms with Gasteiger partial charge in [0.25, 0.3) is 0 Å². The number of urea groups is 1. The second kappa shape index (κ2) is 12.0. The second-order valence-corrected chi connectivity index (χ2v) is 11.9. The van der Waals surface area contributed by atoms with Crippen LogP contribution in [-0.2, 0) is 9.59 Å². The molecule has 4 N–H and O–H groups in total. The fourth-order valence-corrected chi connectivity index (χ4v) is 5.69. The Labute approximate surface area is 245 Å². The molecule has 3 atom stereocenters. The minimum Gasteiger partial charge on any atom is -0.350 e. The van der Waals surface area contributed by atoms with Crippen molar-refractivity contribution < 1.29 is 14.4 Å².